The van der Waals surface area contributed by atoms with Crippen molar-refractivity contribution in [3.05, 3.63) is 53.6 Å². The fourth-order valence-corrected chi connectivity index (χ4v) is 1.26. The molecule has 7 nitrogen and oxygen atoms in total. The maximum Gasteiger partial charge on any atom is 0.335 e. The van der Waals surface area contributed by atoms with Crippen LogP contribution in [0.3, 0.4) is 0 Å². The van der Waals surface area contributed by atoms with Gasteiger partial charge >= 0.3 is 11.9 Å². The number of phenolic OH excluding ortho intramolecular Hbond substituents is 3. The molecule has 5 N–H and O–H groups in total. The average Bonchev–Trinajstić information content (AvgIpc) is 2.43. The van der Waals surface area contributed by atoms with Crippen LogP contribution in [-0.4, -0.2) is 37.5 Å². The van der Waals surface area contributed by atoms with Gasteiger partial charge in [-0.05, 0) is 42.5 Å². The summed E-state index contributed by atoms with van der Waals surface area (Å²) in [6.07, 6.45) is 0. The van der Waals surface area contributed by atoms with E-state index in [9.17, 15) is 9.59 Å². The molecule has 0 aromatic heterocycles. The van der Waals surface area contributed by atoms with Crippen LogP contribution in [0.4, 0.5) is 0 Å². The van der Waals surface area contributed by atoms with Gasteiger partial charge in [-0.1, -0.05) is 0 Å². The Labute approximate surface area is 119 Å². The molecule has 0 atom stereocenters. The maximum absolute atomic E-state index is 10.3. The first kappa shape index (κ1) is 15.8. The van der Waals surface area contributed by atoms with E-state index in [1.807, 2.05) is 0 Å². The number of rotatable bonds is 2. The molecule has 0 aliphatic carbocycles. The predicted octanol–water partition coefficient (Wildman–Crippen LogP) is 1.89. The standard InChI is InChI=1S/C7H6O4.C7H6O3/c8-5-2-1-4(7(10)11)3-6(5)9;8-6-3-1-5(2-4-6)7(9)10/h1-3,8-9H,(H,10,11);1-4,8H,(H,9,10). The van der Waals surface area contributed by atoms with Gasteiger partial charge in [0.25, 0.3) is 0 Å². The van der Waals surface area contributed by atoms with Crippen molar-refractivity contribution >= 4 is 11.9 Å². The van der Waals surface area contributed by atoms with Crippen LogP contribution in [0.25, 0.3) is 0 Å². The van der Waals surface area contributed by atoms with Gasteiger partial charge in [-0.3, -0.25) is 0 Å². The van der Waals surface area contributed by atoms with Gasteiger partial charge in [-0.2, -0.15) is 0 Å². The second-order valence-corrected chi connectivity index (χ2v) is 3.86. The molecule has 0 aliphatic rings. The quantitative estimate of drug-likeness (QED) is 0.533. The second-order valence-electron chi connectivity index (χ2n) is 3.86. The molecule has 0 fully saturated rings. The van der Waals surface area contributed by atoms with E-state index < -0.39 is 17.7 Å². The van der Waals surface area contributed by atoms with Crippen LogP contribution >= 0.6 is 0 Å². The SMILES string of the molecule is O=C(O)c1ccc(O)c(O)c1.O=C(O)c1ccc(O)cc1. The molecular formula is C14H12O7. The van der Waals surface area contributed by atoms with Crippen LogP contribution in [0, 0.1) is 0 Å². The van der Waals surface area contributed by atoms with Crippen LogP contribution in [-0.2, 0) is 0 Å². The highest BCUT2D eigenvalue weighted by atomic mass is 16.4. The molecule has 21 heavy (non-hydrogen) atoms. The van der Waals surface area contributed by atoms with Crippen LogP contribution in [0.2, 0.25) is 0 Å². The van der Waals surface area contributed by atoms with Crippen molar-refractivity contribution in [1.29, 1.82) is 0 Å². The van der Waals surface area contributed by atoms with E-state index in [0.717, 1.165) is 12.1 Å². The van der Waals surface area contributed by atoms with Crippen molar-refractivity contribution in [3.63, 3.8) is 0 Å². The summed E-state index contributed by atoms with van der Waals surface area (Å²) in [4.78, 5) is 20.5. The second kappa shape index (κ2) is 6.80. The van der Waals surface area contributed by atoms with Crippen molar-refractivity contribution in [2.24, 2.45) is 0 Å². The number of aromatic carboxylic acids is 2. The molecule has 2 aromatic rings. The minimum Gasteiger partial charge on any atom is -0.508 e. The van der Waals surface area contributed by atoms with Gasteiger partial charge < -0.3 is 25.5 Å². The minimum atomic E-state index is -1.14. The largest absolute Gasteiger partial charge is 0.508 e. The summed E-state index contributed by atoms with van der Waals surface area (Å²) in [6.45, 7) is 0. The number of phenols is 3. The lowest BCUT2D eigenvalue weighted by atomic mass is 10.2. The minimum absolute atomic E-state index is 0.0553. The molecule has 2 aromatic carbocycles. The molecule has 0 saturated heterocycles. The first-order valence-electron chi connectivity index (χ1n) is 5.59. The smallest absolute Gasteiger partial charge is 0.335 e. The third-order valence-corrected chi connectivity index (χ3v) is 2.34. The van der Waals surface area contributed by atoms with E-state index in [1.165, 1.54) is 30.3 Å². The highest BCUT2D eigenvalue weighted by Crippen LogP contribution is 2.24. The normalized spacial score (nSPS) is 9.33. The van der Waals surface area contributed by atoms with Crippen LogP contribution in [0.15, 0.2) is 42.5 Å². The zero-order chi connectivity index (χ0) is 16.0. The third-order valence-electron chi connectivity index (χ3n) is 2.34. The number of hydrogen-bond acceptors (Lipinski definition) is 5. The molecule has 0 aliphatic heterocycles. The molecule has 0 heterocycles. The molecule has 2 rings (SSSR count). The van der Waals surface area contributed by atoms with Gasteiger partial charge in [-0.25, -0.2) is 9.59 Å². The summed E-state index contributed by atoms with van der Waals surface area (Å²) in [5, 5.41) is 43.2. The van der Waals surface area contributed by atoms with E-state index in [-0.39, 0.29) is 22.6 Å². The van der Waals surface area contributed by atoms with Crippen molar-refractivity contribution in [1.82, 2.24) is 0 Å². The highest BCUT2D eigenvalue weighted by Gasteiger charge is 2.05. The van der Waals surface area contributed by atoms with Crippen molar-refractivity contribution < 1.29 is 35.1 Å². The van der Waals surface area contributed by atoms with Crippen LogP contribution < -0.4 is 0 Å². The zero-order valence-corrected chi connectivity index (χ0v) is 10.6. The van der Waals surface area contributed by atoms with E-state index in [0.29, 0.717) is 0 Å². The van der Waals surface area contributed by atoms with Gasteiger partial charge in [0.2, 0.25) is 0 Å². The van der Waals surface area contributed by atoms with E-state index >= 15 is 0 Å². The molecule has 0 saturated carbocycles. The van der Waals surface area contributed by atoms with Crippen molar-refractivity contribution in [3.8, 4) is 17.2 Å². The number of aromatic hydroxyl groups is 3. The summed E-state index contributed by atoms with van der Waals surface area (Å²) in [5.41, 5.74) is 0.123. The predicted molar refractivity (Wildman–Crippen MR) is 71.8 cm³/mol. The number of carboxylic acids is 2. The average molecular weight is 292 g/mol. The Morgan fingerprint density at radius 2 is 1.14 bits per heavy atom. The lowest BCUT2D eigenvalue weighted by Gasteiger charge is -1.97. The van der Waals surface area contributed by atoms with E-state index in [1.54, 1.807) is 0 Å². The number of carbonyl (C=O) groups is 2. The van der Waals surface area contributed by atoms with Gasteiger partial charge in [0, 0.05) is 0 Å². The topological polar surface area (TPSA) is 135 Å². The van der Waals surface area contributed by atoms with Crippen molar-refractivity contribution in [2.45, 2.75) is 0 Å². The summed E-state index contributed by atoms with van der Waals surface area (Å²) in [5.74, 6) is -2.80. The van der Waals surface area contributed by atoms with E-state index in [4.69, 9.17) is 25.5 Å². The molecule has 7 heteroatoms. The zero-order valence-electron chi connectivity index (χ0n) is 10.6. The molecule has 0 radical (unpaired) electrons. The molecule has 0 amide bonds. The summed E-state index contributed by atoms with van der Waals surface area (Å²) >= 11 is 0. The Kier molecular flexibility index (Phi) is 5.13. The molecular weight excluding hydrogens is 280 g/mol. The fraction of sp³-hybridized carbons (Fsp3) is 0. The maximum atomic E-state index is 10.3. The van der Waals surface area contributed by atoms with Gasteiger partial charge in [0.05, 0.1) is 11.1 Å². The molecule has 0 spiro atoms. The van der Waals surface area contributed by atoms with Crippen LogP contribution in [0.1, 0.15) is 20.7 Å². The molecule has 0 unspecified atom stereocenters. The number of carboxylic acid groups (broad SMARTS) is 2. The summed E-state index contributed by atoms with van der Waals surface area (Å²) < 4.78 is 0. The first-order chi connectivity index (χ1) is 9.81. The Morgan fingerprint density at radius 1 is 0.667 bits per heavy atom. The lowest BCUT2D eigenvalue weighted by Crippen LogP contribution is -1.94. The summed E-state index contributed by atoms with van der Waals surface area (Å²) in [7, 11) is 0. The van der Waals surface area contributed by atoms with Gasteiger partial charge in [0.1, 0.15) is 5.75 Å². The monoisotopic (exact) mass is 292 g/mol. The Bertz CT molecular complexity index is 647. The third kappa shape index (κ3) is 4.75. The molecule has 110 valence electrons. The number of benzene rings is 2. The van der Waals surface area contributed by atoms with Crippen LogP contribution in [0.5, 0.6) is 17.2 Å². The Morgan fingerprint density at radius 3 is 1.57 bits per heavy atom. The van der Waals surface area contributed by atoms with Gasteiger partial charge in [0.15, 0.2) is 11.5 Å². The number of hydrogen-bond donors (Lipinski definition) is 5. The van der Waals surface area contributed by atoms with E-state index in [2.05, 4.69) is 0 Å². The molecule has 0 bridgehead atoms. The lowest BCUT2D eigenvalue weighted by molar-refractivity contribution is 0.0686. The fourth-order valence-electron chi connectivity index (χ4n) is 1.26. The Hall–Kier alpha value is -3.22. The summed E-state index contributed by atoms with van der Waals surface area (Å²) in [6, 6.07) is 8.68. The van der Waals surface area contributed by atoms with Crippen molar-refractivity contribution in [2.75, 3.05) is 0 Å². The highest BCUT2D eigenvalue weighted by molar-refractivity contribution is 5.88. The van der Waals surface area contributed by atoms with Gasteiger partial charge in [-0.15, -0.1) is 0 Å². The first-order valence-corrected chi connectivity index (χ1v) is 5.59. The Balaban J connectivity index is 0.000000211.